The molecule has 6 amide bonds. The Morgan fingerprint density at radius 2 is 1.71 bits per heavy atom. The minimum atomic E-state index is -1.13. The van der Waals surface area contributed by atoms with E-state index in [1.54, 1.807) is 36.5 Å². The number of aromatic carboxylic acids is 1. The lowest BCUT2D eigenvalue weighted by Crippen LogP contribution is -2.70. The average Bonchev–Trinajstić information content (AvgIpc) is 1.70. The number of hydrogen-bond acceptors (Lipinski definition) is 19. The van der Waals surface area contributed by atoms with Gasteiger partial charge in [-0.25, -0.2) is 24.1 Å². The molecule has 0 spiro atoms. The number of fused-ring (bicyclic) bond motifs is 3. The zero-order valence-electron chi connectivity index (χ0n) is 49.5. The number of allylic oxidation sites excluding steroid dienone is 1. The van der Waals surface area contributed by atoms with Gasteiger partial charge in [-0.05, 0) is 86.1 Å². The van der Waals surface area contributed by atoms with Gasteiger partial charge in [0.25, 0.3) is 11.8 Å². The number of para-hydroxylation sites is 1. The number of carbonyl (C=O) groups is 7. The molecule has 10 rings (SSSR count). The number of hydrazone groups is 1. The Bertz CT molecular complexity index is 3660. The molecule has 472 valence electrons. The summed E-state index contributed by atoms with van der Waals surface area (Å²) in [5.74, 6) is 8.50. The van der Waals surface area contributed by atoms with Crippen LogP contribution in [0.4, 0.5) is 20.3 Å². The highest BCUT2D eigenvalue weighted by Crippen LogP contribution is 2.38. The lowest BCUT2D eigenvalue weighted by Gasteiger charge is -2.36. The van der Waals surface area contributed by atoms with Crippen LogP contribution in [0.3, 0.4) is 0 Å². The fourth-order valence-corrected chi connectivity index (χ4v) is 13.1. The fourth-order valence-electron chi connectivity index (χ4n) is 11.1. The maximum atomic E-state index is 15.2. The number of carbonyl (C=O) groups excluding carboxylic acids is 6. The molecule has 2 atom stereocenters. The first-order valence-electron chi connectivity index (χ1n) is 29.9. The van der Waals surface area contributed by atoms with Gasteiger partial charge >= 0.3 is 5.97 Å². The van der Waals surface area contributed by atoms with Crippen LogP contribution in [0.5, 0.6) is 5.75 Å². The zero-order valence-corrected chi connectivity index (χ0v) is 51.1. The topological polar surface area (TPSA) is 304 Å². The fraction of sp³-hybridized carbons (Fsp3) is 0.413. The van der Waals surface area contributed by atoms with E-state index in [1.807, 2.05) is 46.2 Å². The van der Waals surface area contributed by atoms with Crippen LogP contribution in [0.25, 0.3) is 10.2 Å². The number of nitrogens with zero attached hydrogens (tertiary/aromatic N) is 7. The first-order chi connectivity index (χ1) is 43.8. The van der Waals surface area contributed by atoms with Crippen LogP contribution in [0.15, 0.2) is 89.1 Å². The highest BCUT2D eigenvalue weighted by atomic mass is 32.1. The Labute approximate surface area is 526 Å². The molecule has 5 aliphatic rings. The van der Waals surface area contributed by atoms with Crippen molar-refractivity contribution in [2.24, 2.45) is 16.9 Å². The number of ether oxygens (including phenoxy) is 4. The number of rotatable bonds is 27. The number of carboxylic acids is 1. The van der Waals surface area contributed by atoms with Gasteiger partial charge in [0.2, 0.25) is 23.6 Å². The summed E-state index contributed by atoms with van der Waals surface area (Å²) < 4.78 is 38.6. The van der Waals surface area contributed by atoms with Gasteiger partial charge in [-0.15, -0.1) is 11.3 Å². The quantitative estimate of drug-likeness (QED) is 0.0109. The number of nitrogens with one attached hydrogen (secondary N) is 4. The third-order valence-corrected chi connectivity index (χ3v) is 17.9. The van der Waals surface area contributed by atoms with Crippen molar-refractivity contribution in [3.8, 4) is 17.6 Å². The van der Waals surface area contributed by atoms with Crippen LogP contribution in [-0.4, -0.2) is 188 Å². The van der Waals surface area contributed by atoms with Crippen LogP contribution in [-0.2, 0) is 51.1 Å². The van der Waals surface area contributed by atoms with E-state index in [-0.39, 0.29) is 107 Å². The SMILES string of the molecule is NN=C(C=[NH+]CCCC(=O)N1CCN(CC#Cc2ccc(OCCCc3sc(N4CCC5CC=CC(C(=O)Nc6nc7ccccc7s6)=C5C4)nc3C(=O)O)c(F)c2)CC1)COCCOCCOCC(=O)Nc1cccc2c1CN(C1CCC(=O)NC1=O)C2=O. The molecule has 6 heterocycles. The van der Waals surface area contributed by atoms with Gasteiger partial charge in [-0.2, -0.15) is 5.10 Å². The van der Waals surface area contributed by atoms with Crippen LogP contribution in [0, 0.1) is 23.6 Å². The molecule has 0 radical (unpaired) electrons. The number of anilines is 3. The first-order valence-corrected chi connectivity index (χ1v) is 31.5. The van der Waals surface area contributed by atoms with Crippen molar-refractivity contribution in [3.63, 3.8) is 0 Å². The molecule has 90 heavy (non-hydrogen) atoms. The summed E-state index contributed by atoms with van der Waals surface area (Å²) in [5, 5.41) is 23.0. The van der Waals surface area contributed by atoms with Crippen molar-refractivity contribution in [2.45, 2.75) is 64.0 Å². The molecule has 0 bridgehead atoms. The summed E-state index contributed by atoms with van der Waals surface area (Å²) in [6.07, 6.45) is 9.29. The molecule has 3 saturated heterocycles. The predicted molar refractivity (Wildman–Crippen MR) is 335 cm³/mol. The Morgan fingerprint density at radius 3 is 2.50 bits per heavy atom. The van der Waals surface area contributed by atoms with E-state index < -0.39 is 29.6 Å². The number of piperazine rings is 1. The molecule has 27 heteroatoms. The summed E-state index contributed by atoms with van der Waals surface area (Å²) in [4.78, 5) is 109. The van der Waals surface area contributed by atoms with E-state index in [1.165, 1.54) is 33.6 Å². The van der Waals surface area contributed by atoms with Crippen LogP contribution < -0.4 is 36.4 Å². The van der Waals surface area contributed by atoms with Crippen LogP contribution in [0.2, 0.25) is 0 Å². The Hall–Kier alpha value is -8.78. The number of halogens is 1. The van der Waals surface area contributed by atoms with Crippen molar-refractivity contribution in [3.05, 3.63) is 117 Å². The Kier molecular flexibility index (Phi) is 22.2. The minimum absolute atomic E-state index is 0.0186. The molecule has 7 N–H and O–H groups in total. The monoisotopic (exact) mass is 1270 g/mol. The van der Waals surface area contributed by atoms with Crippen molar-refractivity contribution in [2.75, 3.05) is 114 Å². The molecule has 3 fully saturated rings. The summed E-state index contributed by atoms with van der Waals surface area (Å²) in [6, 6.07) is 16.5. The molecular formula is C63H70FN12O12S2+. The van der Waals surface area contributed by atoms with E-state index >= 15 is 4.39 Å². The summed E-state index contributed by atoms with van der Waals surface area (Å²) in [5.41, 5.74) is 4.79. The smallest absolute Gasteiger partial charge is 0.355 e. The summed E-state index contributed by atoms with van der Waals surface area (Å²) in [6.45, 7) is 5.58. The second-order valence-corrected chi connectivity index (χ2v) is 24.0. The molecule has 5 aromatic rings. The standard InChI is InChI=1S/C63H69FN12O12S2/c64-47-34-40(17-19-51(47)88-29-7-15-53-57(61(83)84)70-63(90-53)75-24-21-41-9-3-10-43(45(41)36-75)58(80)71-62-68-49-12-1-2-14-52(49)89-62)8-6-23-73-25-27-74(28-26-73)56(79)16-5-22-66-35-42(72-65)38-86-32-30-85-31-33-87-39-55(78)67-48-13-4-11-44-46(48)37-76(60(44)82)50-18-20-54(77)69-59(50)81/h1-4,10-14,17,19,34-35,41,50H,5,7,9,15-16,18,20-33,36-39,65H2,(H,67,78)(H,83,84)(H,68,71,80)(H,69,77,81)/p+1. The maximum Gasteiger partial charge on any atom is 0.355 e. The lowest BCUT2D eigenvalue weighted by molar-refractivity contribution is -0.450. The number of piperidine rings is 2. The van der Waals surface area contributed by atoms with Crippen molar-refractivity contribution < 1.29 is 67.0 Å². The third kappa shape index (κ3) is 16.7. The van der Waals surface area contributed by atoms with Gasteiger partial charge in [-0.3, -0.25) is 44.3 Å². The number of imide groups is 1. The highest BCUT2D eigenvalue weighted by Gasteiger charge is 2.40. The Morgan fingerprint density at radius 1 is 0.900 bits per heavy atom. The largest absolute Gasteiger partial charge is 0.491 e. The zero-order chi connectivity index (χ0) is 62.9. The lowest BCUT2D eigenvalue weighted by atomic mass is 9.81. The molecule has 2 unspecified atom stereocenters. The molecule has 1 aliphatic carbocycles. The molecule has 0 saturated carbocycles. The molecule has 3 aromatic carbocycles. The van der Waals surface area contributed by atoms with Gasteiger partial charge in [0, 0.05) is 97.9 Å². The highest BCUT2D eigenvalue weighted by molar-refractivity contribution is 7.22. The normalized spacial score (nSPS) is 17.8. The number of hydrogen-bond donors (Lipinski definition) is 6. The van der Waals surface area contributed by atoms with E-state index in [9.17, 15) is 38.7 Å². The number of aromatic nitrogens is 2. The molecule has 24 nitrogen and oxygen atoms in total. The van der Waals surface area contributed by atoms with Crippen molar-refractivity contribution in [1.29, 1.82) is 0 Å². The molecule has 4 aliphatic heterocycles. The van der Waals surface area contributed by atoms with Crippen molar-refractivity contribution in [1.82, 2.24) is 30.0 Å². The van der Waals surface area contributed by atoms with Crippen LogP contribution >= 0.6 is 22.7 Å². The maximum absolute atomic E-state index is 15.2. The second-order valence-electron chi connectivity index (χ2n) is 21.9. The van der Waals surface area contributed by atoms with Gasteiger partial charge < -0.3 is 49.9 Å². The number of thiazole rings is 2. The van der Waals surface area contributed by atoms with E-state index in [4.69, 9.17) is 24.8 Å². The average molecular weight is 1270 g/mol. The second kappa shape index (κ2) is 31.1. The van der Waals surface area contributed by atoms with Gasteiger partial charge in [0.05, 0.1) is 56.4 Å². The number of aryl methyl sites for hydroxylation is 1. The van der Waals surface area contributed by atoms with Gasteiger partial charge in [0.15, 0.2) is 33.7 Å². The number of amides is 6. The minimum Gasteiger partial charge on any atom is -0.491 e. The van der Waals surface area contributed by atoms with E-state index in [0.29, 0.717) is 127 Å². The summed E-state index contributed by atoms with van der Waals surface area (Å²) >= 11 is 2.74. The predicted octanol–water partition coefficient (Wildman–Crippen LogP) is 3.51. The molecule has 2 aromatic heterocycles. The van der Waals surface area contributed by atoms with E-state index in [2.05, 4.69) is 52.8 Å². The van der Waals surface area contributed by atoms with Crippen molar-refractivity contribution >= 4 is 102 Å². The van der Waals surface area contributed by atoms with Gasteiger partial charge in [-0.1, -0.05) is 53.5 Å². The number of benzene rings is 3. The number of carboxylic acid groups (broad SMARTS) is 1. The summed E-state index contributed by atoms with van der Waals surface area (Å²) in [7, 11) is 0. The van der Waals surface area contributed by atoms with Crippen LogP contribution in [0.1, 0.15) is 81.8 Å². The third-order valence-electron chi connectivity index (χ3n) is 15.8. The number of nitrogens with two attached hydrogens (primary N) is 1. The van der Waals surface area contributed by atoms with Gasteiger partial charge in [0.1, 0.15) is 24.9 Å². The first kappa shape index (κ1) is 64.2. The Balaban J connectivity index is 0.558. The molecular weight excluding hydrogens is 1200 g/mol. The van der Waals surface area contributed by atoms with E-state index in [0.717, 1.165) is 28.6 Å².